The molecule has 0 radical (unpaired) electrons. The molecule has 1 spiro atoms. The van der Waals surface area contributed by atoms with Crippen LogP contribution < -0.4 is 10.5 Å². The fourth-order valence-electron chi connectivity index (χ4n) is 3.56. The third-order valence-corrected chi connectivity index (χ3v) is 4.64. The van der Waals surface area contributed by atoms with Crippen LogP contribution in [0.25, 0.3) is 0 Å². The average molecular weight is 289 g/mol. The Kier molecular flexibility index (Phi) is 3.89. The Hall–Kier alpha value is -1.55. The van der Waals surface area contributed by atoms with E-state index >= 15 is 0 Å². The SMILES string of the molecule is CC(=O)c1cc(N)ccc1OC1CCOC2(CCCC2)C1. The molecule has 1 atom stereocenters. The lowest BCUT2D eigenvalue weighted by atomic mass is 9.90. The summed E-state index contributed by atoms with van der Waals surface area (Å²) >= 11 is 0. The number of nitrogen functional groups attached to an aromatic ring is 1. The van der Waals surface area contributed by atoms with Crippen molar-refractivity contribution >= 4 is 11.5 Å². The summed E-state index contributed by atoms with van der Waals surface area (Å²) in [7, 11) is 0. The number of Topliss-reactive ketones (excluding diaryl/α,β-unsaturated/α-hetero) is 1. The molecule has 2 N–H and O–H groups in total. The molecule has 1 unspecified atom stereocenters. The molecule has 1 aliphatic carbocycles. The molecule has 114 valence electrons. The quantitative estimate of drug-likeness (QED) is 0.685. The standard InChI is InChI=1S/C17H23NO3/c1-12(19)15-10-13(18)4-5-16(15)21-14-6-9-20-17(11-14)7-2-3-8-17/h4-5,10,14H,2-3,6-9,11,18H2,1H3. The lowest BCUT2D eigenvalue weighted by Crippen LogP contribution is -2.41. The largest absolute Gasteiger partial charge is 0.489 e. The minimum atomic E-state index is -0.0139. The monoisotopic (exact) mass is 289 g/mol. The summed E-state index contributed by atoms with van der Waals surface area (Å²) in [5.74, 6) is 0.636. The Morgan fingerprint density at radius 3 is 2.86 bits per heavy atom. The van der Waals surface area contributed by atoms with Gasteiger partial charge in [-0.1, -0.05) is 12.8 Å². The van der Waals surface area contributed by atoms with Crippen molar-refractivity contribution in [2.75, 3.05) is 12.3 Å². The van der Waals surface area contributed by atoms with Gasteiger partial charge in [-0.25, -0.2) is 0 Å². The van der Waals surface area contributed by atoms with E-state index < -0.39 is 0 Å². The van der Waals surface area contributed by atoms with E-state index in [9.17, 15) is 4.79 Å². The normalized spacial score (nSPS) is 24.1. The fraction of sp³-hybridized carbons (Fsp3) is 0.588. The molecule has 4 heteroatoms. The van der Waals surface area contributed by atoms with Crippen molar-refractivity contribution in [2.24, 2.45) is 0 Å². The maximum Gasteiger partial charge on any atom is 0.163 e. The van der Waals surface area contributed by atoms with Gasteiger partial charge in [0.15, 0.2) is 5.78 Å². The van der Waals surface area contributed by atoms with E-state index in [1.165, 1.54) is 12.8 Å². The van der Waals surface area contributed by atoms with Gasteiger partial charge >= 0.3 is 0 Å². The number of anilines is 1. The Bertz CT molecular complexity index is 535. The van der Waals surface area contributed by atoms with Crippen molar-refractivity contribution in [3.63, 3.8) is 0 Å². The molecule has 0 bridgehead atoms. The molecule has 1 heterocycles. The Labute approximate surface area is 125 Å². The number of rotatable bonds is 3. The first-order valence-corrected chi connectivity index (χ1v) is 7.79. The topological polar surface area (TPSA) is 61.6 Å². The predicted octanol–water partition coefficient (Wildman–Crippen LogP) is 3.34. The number of carbonyl (C=O) groups excluding carboxylic acids is 1. The van der Waals surface area contributed by atoms with Gasteiger partial charge in [0.25, 0.3) is 0 Å². The van der Waals surface area contributed by atoms with Gasteiger partial charge in [-0.3, -0.25) is 4.79 Å². The third kappa shape index (κ3) is 3.05. The number of hydrogen-bond acceptors (Lipinski definition) is 4. The highest BCUT2D eigenvalue weighted by molar-refractivity contribution is 5.97. The van der Waals surface area contributed by atoms with Gasteiger partial charge in [-0.2, -0.15) is 0 Å². The number of nitrogens with two attached hydrogens (primary N) is 1. The molecule has 1 saturated carbocycles. The molecular weight excluding hydrogens is 266 g/mol. The maximum absolute atomic E-state index is 11.7. The molecule has 3 rings (SSSR count). The molecule has 21 heavy (non-hydrogen) atoms. The van der Waals surface area contributed by atoms with Gasteiger partial charge in [0.05, 0.1) is 17.8 Å². The van der Waals surface area contributed by atoms with Crippen LogP contribution in [0.5, 0.6) is 5.75 Å². The summed E-state index contributed by atoms with van der Waals surface area (Å²) in [6.07, 6.45) is 6.68. The second-order valence-electron chi connectivity index (χ2n) is 6.28. The molecule has 4 nitrogen and oxygen atoms in total. The zero-order valence-electron chi connectivity index (χ0n) is 12.6. The first-order chi connectivity index (χ1) is 10.1. The second kappa shape index (κ2) is 5.68. The third-order valence-electron chi connectivity index (χ3n) is 4.64. The Balaban J connectivity index is 1.75. The highest BCUT2D eigenvalue weighted by Crippen LogP contribution is 2.41. The second-order valence-corrected chi connectivity index (χ2v) is 6.28. The van der Waals surface area contributed by atoms with Gasteiger partial charge < -0.3 is 15.2 Å². The Morgan fingerprint density at radius 1 is 1.38 bits per heavy atom. The van der Waals surface area contributed by atoms with Crippen LogP contribution in [0.4, 0.5) is 5.69 Å². The van der Waals surface area contributed by atoms with Crippen LogP contribution in [0.15, 0.2) is 18.2 Å². The summed E-state index contributed by atoms with van der Waals surface area (Å²) in [4.78, 5) is 11.7. The summed E-state index contributed by atoms with van der Waals surface area (Å²) in [5.41, 5.74) is 6.95. The molecule has 1 saturated heterocycles. The van der Waals surface area contributed by atoms with Crippen molar-refractivity contribution in [1.82, 2.24) is 0 Å². The van der Waals surface area contributed by atoms with E-state index in [1.807, 2.05) is 6.07 Å². The molecule has 1 aromatic carbocycles. The first kappa shape index (κ1) is 14.4. The minimum absolute atomic E-state index is 0.0139. The van der Waals surface area contributed by atoms with Crippen molar-refractivity contribution < 1.29 is 14.3 Å². The van der Waals surface area contributed by atoms with Crippen LogP contribution >= 0.6 is 0 Å². The van der Waals surface area contributed by atoms with E-state index in [0.29, 0.717) is 17.0 Å². The van der Waals surface area contributed by atoms with E-state index in [4.69, 9.17) is 15.2 Å². The van der Waals surface area contributed by atoms with Gasteiger partial charge in [-0.15, -0.1) is 0 Å². The maximum atomic E-state index is 11.7. The van der Waals surface area contributed by atoms with Crippen molar-refractivity contribution in [3.8, 4) is 5.75 Å². The van der Waals surface area contributed by atoms with Crippen LogP contribution in [0.3, 0.4) is 0 Å². The number of ketones is 1. The van der Waals surface area contributed by atoms with Crippen LogP contribution in [0.1, 0.15) is 55.8 Å². The van der Waals surface area contributed by atoms with E-state index in [2.05, 4.69) is 0 Å². The lowest BCUT2D eigenvalue weighted by molar-refractivity contribution is -0.108. The van der Waals surface area contributed by atoms with Crippen molar-refractivity contribution in [1.29, 1.82) is 0 Å². The Morgan fingerprint density at radius 2 is 2.14 bits per heavy atom. The molecule has 2 aliphatic rings. The summed E-state index contributed by atoms with van der Waals surface area (Å²) in [6.45, 7) is 2.29. The van der Waals surface area contributed by atoms with Crippen LogP contribution in [-0.4, -0.2) is 24.1 Å². The van der Waals surface area contributed by atoms with Crippen molar-refractivity contribution in [2.45, 2.75) is 57.2 Å². The summed E-state index contributed by atoms with van der Waals surface area (Å²) < 4.78 is 12.2. The van der Waals surface area contributed by atoms with Gasteiger partial charge in [-0.05, 0) is 38.0 Å². The van der Waals surface area contributed by atoms with E-state index in [0.717, 1.165) is 32.3 Å². The summed E-state index contributed by atoms with van der Waals surface area (Å²) in [5, 5.41) is 0. The van der Waals surface area contributed by atoms with Crippen LogP contribution in [0, 0.1) is 0 Å². The smallest absolute Gasteiger partial charge is 0.163 e. The summed E-state index contributed by atoms with van der Waals surface area (Å²) in [6, 6.07) is 5.29. The van der Waals surface area contributed by atoms with Crippen molar-refractivity contribution in [3.05, 3.63) is 23.8 Å². The number of benzene rings is 1. The molecule has 0 aromatic heterocycles. The zero-order chi connectivity index (χ0) is 14.9. The van der Waals surface area contributed by atoms with Gasteiger partial charge in [0.1, 0.15) is 11.9 Å². The molecule has 1 aromatic rings. The molecule has 1 aliphatic heterocycles. The number of ether oxygens (including phenoxy) is 2. The zero-order valence-corrected chi connectivity index (χ0v) is 12.6. The van der Waals surface area contributed by atoms with E-state index in [-0.39, 0.29) is 17.5 Å². The van der Waals surface area contributed by atoms with Crippen LogP contribution in [0.2, 0.25) is 0 Å². The highest BCUT2D eigenvalue weighted by Gasteiger charge is 2.40. The first-order valence-electron chi connectivity index (χ1n) is 7.79. The molecular formula is C17H23NO3. The number of hydrogen-bond donors (Lipinski definition) is 1. The van der Waals surface area contributed by atoms with Gasteiger partial charge in [0.2, 0.25) is 0 Å². The van der Waals surface area contributed by atoms with Gasteiger partial charge in [0, 0.05) is 18.5 Å². The minimum Gasteiger partial charge on any atom is -0.489 e. The predicted molar refractivity (Wildman–Crippen MR) is 81.7 cm³/mol. The average Bonchev–Trinajstić information content (AvgIpc) is 2.88. The van der Waals surface area contributed by atoms with E-state index in [1.54, 1.807) is 19.1 Å². The highest BCUT2D eigenvalue weighted by atomic mass is 16.5. The fourth-order valence-corrected chi connectivity index (χ4v) is 3.56. The van der Waals surface area contributed by atoms with Crippen LogP contribution in [-0.2, 0) is 4.74 Å². The molecule has 0 amide bonds. The molecule has 2 fully saturated rings. The number of carbonyl (C=O) groups is 1. The lowest BCUT2D eigenvalue weighted by Gasteiger charge is -2.38.